The summed E-state index contributed by atoms with van der Waals surface area (Å²) in [6.45, 7) is 3.94. The summed E-state index contributed by atoms with van der Waals surface area (Å²) in [5, 5.41) is 0.464. The quantitative estimate of drug-likeness (QED) is 0.627. The molecule has 1 heterocycles. The highest BCUT2D eigenvalue weighted by Gasteiger charge is 2.29. The molecule has 0 atom stereocenters. The van der Waals surface area contributed by atoms with Crippen LogP contribution in [0.1, 0.15) is 19.4 Å². The van der Waals surface area contributed by atoms with Gasteiger partial charge in [-0.05, 0) is 38.0 Å². The molecule has 1 aromatic heterocycles. The first kappa shape index (κ1) is 11.7. The molecule has 4 heteroatoms. The lowest BCUT2D eigenvalue weighted by molar-refractivity contribution is 0.634. The van der Waals surface area contributed by atoms with Crippen LogP contribution in [0.3, 0.4) is 0 Å². The molecule has 0 saturated heterocycles. The Balaban J connectivity index is 3.17. The van der Waals surface area contributed by atoms with E-state index in [1.54, 1.807) is 24.8 Å². The molecule has 0 N–H and O–H groups in total. The van der Waals surface area contributed by atoms with Crippen LogP contribution in [-0.2, 0) is 14.7 Å². The number of halogens is 1. The third kappa shape index (κ3) is 2.15. The van der Waals surface area contributed by atoms with Gasteiger partial charge in [-0.15, -0.1) is 9.93 Å². The number of thiol groups is 1. The third-order valence-corrected chi connectivity index (χ3v) is 5.95. The van der Waals surface area contributed by atoms with Crippen molar-refractivity contribution in [3.63, 3.8) is 0 Å². The van der Waals surface area contributed by atoms with Gasteiger partial charge in [0.25, 0.3) is 0 Å². The third-order valence-electron chi connectivity index (χ3n) is 2.78. The molecule has 0 saturated carbocycles. The van der Waals surface area contributed by atoms with E-state index in [0.717, 1.165) is 5.56 Å². The van der Waals surface area contributed by atoms with E-state index in [9.17, 15) is 4.21 Å². The first-order chi connectivity index (χ1) is 6.25. The Labute approximate surface area is 91.1 Å². The van der Waals surface area contributed by atoms with E-state index in [2.05, 4.69) is 4.98 Å². The second-order valence-electron chi connectivity index (χ2n) is 4.28. The fourth-order valence-electron chi connectivity index (χ4n) is 1.05. The van der Waals surface area contributed by atoms with Gasteiger partial charge in [-0.1, -0.05) is 17.7 Å². The van der Waals surface area contributed by atoms with Gasteiger partial charge < -0.3 is 0 Å². The van der Waals surface area contributed by atoms with Crippen LogP contribution in [0, 0.1) is 0 Å². The van der Waals surface area contributed by atoms with E-state index >= 15 is 0 Å². The van der Waals surface area contributed by atoms with Crippen LogP contribution < -0.4 is 0 Å². The maximum atomic E-state index is 12.1. The van der Waals surface area contributed by atoms with Crippen LogP contribution in [0.4, 0.5) is 0 Å². The van der Waals surface area contributed by atoms with Gasteiger partial charge in [-0.2, -0.15) is 0 Å². The lowest BCUT2D eigenvalue weighted by atomic mass is 10.1. The summed E-state index contributed by atoms with van der Waals surface area (Å²) in [5.41, 5.74) is 0.968. The Morgan fingerprint density at radius 2 is 1.93 bits per heavy atom. The van der Waals surface area contributed by atoms with Crippen LogP contribution in [0.25, 0.3) is 0 Å². The summed E-state index contributed by atoms with van der Waals surface area (Å²) >= 11 is 5.70. The highest BCUT2D eigenvalue weighted by atomic mass is 35.5. The minimum absolute atomic E-state index is 0.343. The number of pyridine rings is 1. The Kier molecular flexibility index (Phi) is 3.02. The van der Waals surface area contributed by atoms with E-state index < -0.39 is 9.93 Å². The largest absolute Gasteiger partial charge is 0.284 e. The number of hydrogen-bond donors (Lipinski definition) is 1. The van der Waals surface area contributed by atoms with Crippen LogP contribution in [-0.4, -0.2) is 21.7 Å². The van der Waals surface area contributed by atoms with Crippen LogP contribution in [0.5, 0.6) is 0 Å². The minimum Gasteiger partial charge on any atom is -0.284 e. The molecular weight excluding hydrogens is 218 g/mol. The molecule has 2 nitrogen and oxygen atoms in total. The summed E-state index contributed by atoms with van der Waals surface area (Å²) in [6, 6.07) is 3.61. The maximum Gasteiger partial charge on any atom is 0.129 e. The van der Waals surface area contributed by atoms with Crippen molar-refractivity contribution in [2.75, 3.05) is 12.5 Å². The van der Waals surface area contributed by atoms with Crippen molar-refractivity contribution < 1.29 is 4.21 Å². The zero-order valence-electron chi connectivity index (χ0n) is 8.91. The molecular formula is C10H16ClNOS. The van der Waals surface area contributed by atoms with Gasteiger partial charge in [0, 0.05) is 10.9 Å². The number of rotatable bonds is 2. The Morgan fingerprint density at radius 1 is 1.36 bits per heavy atom. The lowest BCUT2D eigenvalue weighted by Gasteiger charge is -2.33. The number of aromatic nitrogens is 1. The second kappa shape index (κ2) is 3.63. The monoisotopic (exact) mass is 233 g/mol. The van der Waals surface area contributed by atoms with Crippen molar-refractivity contribution in [2.45, 2.75) is 18.6 Å². The molecule has 0 fully saturated rings. The fraction of sp³-hybridized carbons (Fsp3) is 0.500. The van der Waals surface area contributed by atoms with Crippen molar-refractivity contribution in [3.8, 4) is 0 Å². The van der Waals surface area contributed by atoms with Gasteiger partial charge in [0.1, 0.15) is 5.15 Å². The summed E-state index contributed by atoms with van der Waals surface area (Å²) in [7, 11) is -2.19. The molecule has 0 spiro atoms. The second-order valence-corrected chi connectivity index (χ2v) is 8.49. The molecule has 1 rings (SSSR count). The SMILES string of the molecule is CC(C)(c1ccc(Cl)nc1)[SH](C)(C)=O. The van der Waals surface area contributed by atoms with Gasteiger partial charge >= 0.3 is 0 Å². The predicted molar refractivity (Wildman–Crippen MR) is 63.7 cm³/mol. The molecule has 14 heavy (non-hydrogen) atoms. The van der Waals surface area contributed by atoms with E-state index in [0.29, 0.717) is 5.15 Å². The average molecular weight is 234 g/mol. The first-order valence-corrected chi connectivity index (χ1v) is 7.40. The summed E-state index contributed by atoms with van der Waals surface area (Å²) < 4.78 is 11.7. The topological polar surface area (TPSA) is 30.0 Å². The van der Waals surface area contributed by atoms with Gasteiger partial charge in [-0.25, -0.2) is 4.98 Å². The Morgan fingerprint density at radius 3 is 2.29 bits per heavy atom. The van der Waals surface area contributed by atoms with Gasteiger partial charge in [-0.3, -0.25) is 4.21 Å². The van der Waals surface area contributed by atoms with Crippen molar-refractivity contribution >= 4 is 21.5 Å². The van der Waals surface area contributed by atoms with E-state index in [-0.39, 0.29) is 4.75 Å². The van der Waals surface area contributed by atoms with E-state index in [1.807, 2.05) is 19.9 Å². The molecule has 80 valence electrons. The van der Waals surface area contributed by atoms with Crippen LogP contribution in [0.15, 0.2) is 18.3 Å². The molecule has 0 aliphatic carbocycles. The predicted octanol–water partition coefficient (Wildman–Crippen LogP) is 2.25. The van der Waals surface area contributed by atoms with Crippen molar-refractivity contribution in [1.82, 2.24) is 4.98 Å². The molecule has 0 unspecified atom stereocenters. The summed E-state index contributed by atoms with van der Waals surface area (Å²) in [6.07, 6.45) is 5.28. The van der Waals surface area contributed by atoms with Crippen molar-refractivity contribution in [1.29, 1.82) is 0 Å². The maximum absolute atomic E-state index is 12.1. The minimum atomic E-state index is -2.19. The normalized spacial score (nSPS) is 14.1. The smallest absolute Gasteiger partial charge is 0.129 e. The number of hydrogen-bond acceptors (Lipinski definition) is 2. The molecule has 1 aromatic rings. The number of nitrogens with zero attached hydrogens (tertiary/aromatic N) is 1. The zero-order chi connectivity index (χ0) is 11.0. The summed E-state index contributed by atoms with van der Waals surface area (Å²) in [5.74, 6) is 0. The van der Waals surface area contributed by atoms with E-state index in [4.69, 9.17) is 11.6 Å². The fourth-order valence-corrected chi connectivity index (χ4v) is 1.91. The van der Waals surface area contributed by atoms with Gasteiger partial charge in [0.2, 0.25) is 0 Å². The van der Waals surface area contributed by atoms with Crippen LogP contribution >= 0.6 is 11.6 Å². The highest BCUT2D eigenvalue weighted by molar-refractivity contribution is 8.02. The van der Waals surface area contributed by atoms with Crippen LogP contribution in [0.2, 0.25) is 5.15 Å². The molecule has 0 aliphatic rings. The first-order valence-electron chi connectivity index (χ1n) is 4.42. The Bertz CT molecular complexity index is 366. The van der Waals surface area contributed by atoms with Gasteiger partial charge in [0.05, 0.1) is 0 Å². The lowest BCUT2D eigenvalue weighted by Crippen LogP contribution is -2.33. The average Bonchev–Trinajstić information content (AvgIpc) is 2.03. The molecule has 0 aromatic carbocycles. The molecule has 0 amide bonds. The molecule has 0 aliphatic heterocycles. The van der Waals surface area contributed by atoms with Crippen molar-refractivity contribution in [3.05, 3.63) is 29.0 Å². The van der Waals surface area contributed by atoms with E-state index in [1.165, 1.54) is 0 Å². The molecule has 0 radical (unpaired) electrons. The van der Waals surface area contributed by atoms with Crippen molar-refractivity contribution in [2.24, 2.45) is 0 Å². The summed E-state index contributed by atoms with van der Waals surface area (Å²) in [4.78, 5) is 4.00. The van der Waals surface area contributed by atoms with Gasteiger partial charge in [0.15, 0.2) is 0 Å². The highest BCUT2D eigenvalue weighted by Crippen LogP contribution is 2.31. The molecule has 0 bridgehead atoms. The zero-order valence-corrected chi connectivity index (χ0v) is 10.6. The standard InChI is InChI=1S/C10H16ClNOS/c1-10(2,14(3,4)13)8-5-6-9(11)12-7-8/h5-7,14H,1-4H3. The Hall–Kier alpha value is -0.410.